The SMILES string of the molecule is Cc1ccncc1-n1cncc1[C@H](C)N. The lowest BCUT2D eigenvalue weighted by Crippen LogP contribution is -2.11. The van der Waals surface area contributed by atoms with Gasteiger partial charge in [0.05, 0.1) is 30.1 Å². The molecular formula is C11H14N4. The summed E-state index contributed by atoms with van der Waals surface area (Å²) >= 11 is 0. The number of hydrogen-bond donors (Lipinski definition) is 1. The third-order valence-corrected chi connectivity index (χ3v) is 2.40. The van der Waals surface area contributed by atoms with Gasteiger partial charge in [-0.2, -0.15) is 0 Å². The maximum absolute atomic E-state index is 5.87. The highest BCUT2D eigenvalue weighted by atomic mass is 15.1. The van der Waals surface area contributed by atoms with Gasteiger partial charge in [0.2, 0.25) is 0 Å². The first kappa shape index (κ1) is 9.86. The first-order valence-corrected chi connectivity index (χ1v) is 4.89. The molecule has 0 unspecified atom stereocenters. The Labute approximate surface area is 88.8 Å². The molecule has 0 bridgehead atoms. The predicted octanol–water partition coefficient (Wildman–Crippen LogP) is 1.60. The van der Waals surface area contributed by atoms with Crippen LogP contribution >= 0.6 is 0 Å². The van der Waals surface area contributed by atoms with Gasteiger partial charge in [-0.3, -0.25) is 9.55 Å². The predicted molar refractivity (Wildman–Crippen MR) is 58.7 cm³/mol. The summed E-state index contributed by atoms with van der Waals surface area (Å²) in [6.07, 6.45) is 7.16. The second kappa shape index (κ2) is 3.82. The van der Waals surface area contributed by atoms with E-state index in [1.54, 1.807) is 18.7 Å². The molecule has 0 saturated carbocycles. The Kier molecular flexibility index (Phi) is 2.51. The topological polar surface area (TPSA) is 56.7 Å². The van der Waals surface area contributed by atoms with Crippen LogP contribution in [0.1, 0.15) is 24.2 Å². The maximum Gasteiger partial charge on any atom is 0.0995 e. The van der Waals surface area contributed by atoms with Crippen molar-refractivity contribution in [2.45, 2.75) is 19.9 Å². The molecule has 0 saturated heterocycles. The van der Waals surface area contributed by atoms with Crippen molar-refractivity contribution in [3.8, 4) is 5.69 Å². The minimum absolute atomic E-state index is 0.0351. The molecule has 2 heterocycles. The zero-order chi connectivity index (χ0) is 10.8. The zero-order valence-corrected chi connectivity index (χ0v) is 8.88. The summed E-state index contributed by atoms with van der Waals surface area (Å²) in [6.45, 7) is 3.99. The lowest BCUT2D eigenvalue weighted by Gasteiger charge is -2.12. The van der Waals surface area contributed by atoms with Crippen molar-refractivity contribution < 1.29 is 0 Å². The number of pyridine rings is 1. The fourth-order valence-electron chi connectivity index (χ4n) is 1.55. The standard InChI is InChI=1S/C11H14N4/c1-8-3-4-13-5-10(8)15-7-14-6-11(15)9(2)12/h3-7,9H,12H2,1-2H3/t9-/m0/s1. The second-order valence-electron chi connectivity index (χ2n) is 3.64. The van der Waals surface area contributed by atoms with Crippen LogP contribution in [0.2, 0.25) is 0 Å². The lowest BCUT2D eigenvalue weighted by molar-refractivity contribution is 0.750. The van der Waals surface area contributed by atoms with Crippen LogP contribution in [-0.2, 0) is 0 Å². The molecule has 0 aliphatic heterocycles. The van der Waals surface area contributed by atoms with Crippen LogP contribution in [-0.4, -0.2) is 14.5 Å². The quantitative estimate of drug-likeness (QED) is 0.804. The highest BCUT2D eigenvalue weighted by Crippen LogP contribution is 2.17. The molecular weight excluding hydrogens is 188 g/mol. The van der Waals surface area contributed by atoms with E-state index in [4.69, 9.17) is 5.73 Å². The monoisotopic (exact) mass is 202 g/mol. The smallest absolute Gasteiger partial charge is 0.0995 e. The normalized spacial score (nSPS) is 12.7. The van der Waals surface area contributed by atoms with Gasteiger partial charge in [-0.1, -0.05) is 0 Å². The summed E-state index contributed by atoms with van der Waals surface area (Å²) < 4.78 is 1.98. The van der Waals surface area contributed by atoms with E-state index in [2.05, 4.69) is 9.97 Å². The minimum Gasteiger partial charge on any atom is -0.323 e. The lowest BCUT2D eigenvalue weighted by atomic mass is 10.2. The van der Waals surface area contributed by atoms with E-state index in [0.717, 1.165) is 16.9 Å². The van der Waals surface area contributed by atoms with Crippen LogP contribution in [0.5, 0.6) is 0 Å². The van der Waals surface area contributed by atoms with Crippen molar-refractivity contribution in [2.24, 2.45) is 5.73 Å². The van der Waals surface area contributed by atoms with E-state index in [1.807, 2.05) is 30.7 Å². The zero-order valence-electron chi connectivity index (χ0n) is 8.88. The molecule has 0 radical (unpaired) electrons. The van der Waals surface area contributed by atoms with Crippen LogP contribution in [0, 0.1) is 6.92 Å². The van der Waals surface area contributed by atoms with Gasteiger partial charge in [0.15, 0.2) is 0 Å². The van der Waals surface area contributed by atoms with Crippen LogP contribution in [0.3, 0.4) is 0 Å². The molecule has 2 aromatic heterocycles. The number of rotatable bonds is 2. The van der Waals surface area contributed by atoms with Gasteiger partial charge >= 0.3 is 0 Å². The van der Waals surface area contributed by atoms with E-state index >= 15 is 0 Å². The molecule has 2 rings (SSSR count). The highest BCUT2D eigenvalue weighted by molar-refractivity contribution is 5.39. The van der Waals surface area contributed by atoms with Crippen LogP contribution in [0.15, 0.2) is 31.0 Å². The fourth-order valence-corrected chi connectivity index (χ4v) is 1.55. The van der Waals surface area contributed by atoms with Crippen molar-refractivity contribution in [3.05, 3.63) is 42.2 Å². The molecule has 15 heavy (non-hydrogen) atoms. The fraction of sp³-hybridized carbons (Fsp3) is 0.273. The number of aromatic nitrogens is 3. The van der Waals surface area contributed by atoms with Crippen molar-refractivity contribution in [1.29, 1.82) is 0 Å². The molecule has 0 amide bonds. The van der Waals surface area contributed by atoms with Gasteiger partial charge in [-0.05, 0) is 25.5 Å². The minimum atomic E-state index is -0.0351. The second-order valence-corrected chi connectivity index (χ2v) is 3.64. The Morgan fingerprint density at radius 1 is 1.33 bits per heavy atom. The van der Waals surface area contributed by atoms with Crippen LogP contribution < -0.4 is 5.73 Å². The summed E-state index contributed by atoms with van der Waals surface area (Å²) in [5.74, 6) is 0. The molecule has 78 valence electrons. The third kappa shape index (κ3) is 1.76. The largest absolute Gasteiger partial charge is 0.323 e. The molecule has 2 aromatic rings. The van der Waals surface area contributed by atoms with Crippen LogP contribution in [0.4, 0.5) is 0 Å². The van der Waals surface area contributed by atoms with Crippen molar-refractivity contribution in [2.75, 3.05) is 0 Å². The van der Waals surface area contributed by atoms with Gasteiger partial charge in [-0.25, -0.2) is 4.98 Å². The van der Waals surface area contributed by atoms with Crippen LogP contribution in [0.25, 0.3) is 5.69 Å². The molecule has 0 aliphatic rings. The summed E-state index contributed by atoms with van der Waals surface area (Å²) in [4.78, 5) is 8.23. The van der Waals surface area contributed by atoms with E-state index < -0.39 is 0 Å². The van der Waals surface area contributed by atoms with Crippen molar-refractivity contribution >= 4 is 0 Å². The van der Waals surface area contributed by atoms with E-state index in [1.165, 1.54) is 0 Å². The third-order valence-electron chi connectivity index (χ3n) is 2.40. The molecule has 0 spiro atoms. The van der Waals surface area contributed by atoms with E-state index in [0.29, 0.717) is 0 Å². The summed E-state index contributed by atoms with van der Waals surface area (Å²) in [5.41, 5.74) is 9.04. The molecule has 0 fully saturated rings. The molecule has 4 heteroatoms. The van der Waals surface area contributed by atoms with Gasteiger partial charge < -0.3 is 5.73 Å². The summed E-state index contributed by atoms with van der Waals surface area (Å²) in [6, 6.07) is 1.94. The number of hydrogen-bond acceptors (Lipinski definition) is 3. The van der Waals surface area contributed by atoms with Gasteiger partial charge in [-0.15, -0.1) is 0 Å². The van der Waals surface area contributed by atoms with E-state index in [-0.39, 0.29) is 6.04 Å². The average molecular weight is 202 g/mol. The maximum atomic E-state index is 5.87. The first-order valence-electron chi connectivity index (χ1n) is 4.89. The Hall–Kier alpha value is -1.68. The van der Waals surface area contributed by atoms with Gasteiger partial charge in [0, 0.05) is 12.2 Å². The Balaban J connectivity index is 2.55. The van der Waals surface area contributed by atoms with Crippen molar-refractivity contribution in [1.82, 2.24) is 14.5 Å². The van der Waals surface area contributed by atoms with E-state index in [9.17, 15) is 0 Å². The molecule has 4 nitrogen and oxygen atoms in total. The molecule has 0 aromatic carbocycles. The Bertz CT molecular complexity index is 459. The average Bonchev–Trinajstić information content (AvgIpc) is 2.67. The highest BCUT2D eigenvalue weighted by Gasteiger charge is 2.09. The Morgan fingerprint density at radius 3 is 2.80 bits per heavy atom. The number of nitrogens with zero attached hydrogens (tertiary/aromatic N) is 3. The Morgan fingerprint density at radius 2 is 2.13 bits per heavy atom. The molecule has 0 aliphatic carbocycles. The summed E-state index contributed by atoms with van der Waals surface area (Å²) in [7, 11) is 0. The summed E-state index contributed by atoms with van der Waals surface area (Å²) in [5, 5.41) is 0. The molecule has 2 N–H and O–H groups in total. The number of aryl methyl sites for hydroxylation is 1. The molecule has 1 atom stereocenters. The number of nitrogens with two attached hydrogens (primary N) is 1. The first-order chi connectivity index (χ1) is 7.20. The van der Waals surface area contributed by atoms with Gasteiger partial charge in [0.25, 0.3) is 0 Å². The number of imidazole rings is 1. The van der Waals surface area contributed by atoms with Gasteiger partial charge in [0.1, 0.15) is 0 Å². The van der Waals surface area contributed by atoms with Crippen molar-refractivity contribution in [3.63, 3.8) is 0 Å².